The number of carbonyl (C=O) groups excluding carboxylic acids is 1. The first-order valence-corrected chi connectivity index (χ1v) is 8.49. The molecule has 7 nitrogen and oxygen atoms in total. The Morgan fingerprint density at radius 1 is 1.28 bits per heavy atom. The van der Waals surface area contributed by atoms with Gasteiger partial charge in [-0.15, -0.1) is 0 Å². The van der Waals surface area contributed by atoms with Crippen molar-refractivity contribution in [1.29, 1.82) is 0 Å². The Morgan fingerprint density at radius 3 is 2.88 bits per heavy atom. The lowest BCUT2D eigenvalue weighted by Crippen LogP contribution is -2.38. The lowest BCUT2D eigenvalue weighted by molar-refractivity contribution is -0.115. The molecule has 0 spiro atoms. The molecule has 7 heteroatoms. The molecule has 0 saturated carbocycles. The van der Waals surface area contributed by atoms with Gasteiger partial charge in [-0.25, -0.2) is 0 Å². The van der Waals surface area contributed by atoms with Crippen LogP contribution in [0.3, 0.4) is 0 Å². The number of hydrogen-bond donors (Lipinski definition) is 1. The molecule has 1 amide bonds. The molecule has 0 unspecified atom stereocenters. The van der Waals surface area contributed by atoms with Crippen LogP contribution in [0.1, 0.15) is 5.56 Å². The van der Waals surface area contributed by atoms with Crippen molar-refractivity contribution in [2.75, 3.05) is 45.3 Å². The normalized spacial score (nSPS) is 15.1. The van der Waals surface area contributed by atoms with Crippen LogP contribution in [-0.2, 0) is 22.5 Å². The van der Waals surface area contributed by atoms with Crippen LogP contribution in [0.15, 0.2) is 36.7 Å². The van der Waals surface area contributed by atoms with E-state index in [0.29, 0.717) is 5.69 Å². The highest BCUT2D eigenvalue weighted by atomic mass is 16.5. The van der Waals surface area contributed by atoms with E-state index < -0.39 is 0 Å². The molecule has 2 aromatic rings. The van der Waals surface area contributed by atoms with Crippen molar-refractivity contribution in [3.63, 3.8) is 0 Å². The number of morpholine rings is 1. The Morgan fingerprint density at radius 2 is 2.08 bits per heavy atom. The largest absolute Gasteiger partial charge is 0.496 e. The first kappa shape index (κ1) is 17.4. The highest BCUT2D eigenvalue weighted by Gasteiger charge is 2.12. The summed E-state index contributed by atoms with van der Waals surface area (Å²) in [5.74, 6) is 0.635. The van der Waals surface area contributed by atoms with Crippen LogP contribution in [0.5, 0.6) is 5.75 Å². The van der Waals surface area contributed by atoms with Crippen LogP contribution in [0.4, 0.5) is 5.69 Å². The predicted octanol–water partition coefficient (Wildman–Crippen LogP) is 1.41. The van der Waals surface area contributed by atoms with Crippen molar-refractivity contribution in [3.8, 4) is 5.75 Å². The van der Waals surface area contributed by atoms with E-state index in [2.05, 4.69) is 15.3 Å². The van der Waals surface area contributed by atoms with Crippen molar-refractivity contribution in [2.24, 2.45) is 0 Å². The first-order valence-electron chi connectivity index (χ1n) is 8.49. The summed E-state index contributed by atoms with van der Waals surface area (Å²) in [5.41, 5.74) is 1.57. The summed E-state index contributed by atoms with van der Waals surface area (Å²) < 4.78 is 12.5. The lowest BCUT2D eigenvalue weighted by Gasteiger charge is -2.26. The second kappa shape index (κ2) is 8.64. The van der Waals surface area contributed by atoms with Crippen molar-refractivity contribution in [2.45, 2.75) is 13.0 Å². The topological polar surface area (TPSA) is 68.6 Å². The quantitative estimate of drug-likeness (QED) is 0.822. The zero-order valence-electron chi connectivity index (χ0n) is 14.5. The minimum Gasteiger partial charge on any atom is -0.496 e. The minimum absolute atomic E-state index is 0.0859. The highest BCUT2D eigenvalue weighted by molar-refractivity contribution is 5.92. The zero-order valence-corrected chi connectivity index (χ0v) is 14.5. The third kappa shape index (κ3) is 5.04. The smallest absolute Gasteiger partial charge is 0.229 e. The van der Waals surface area contributed by atoms with Gasteiger partial charge in [-0.05, 0) is 6.07 Å². The predicted molar refractivity (Wildman–Crippen MR) is 94.8 cm³/mol. The molecular formula is C18H24N4O3. The van der Waals surface area contributed by atoms with Gasteiger partial charge in [0.2, 0.25) is 5.91 Å². The Bertz CT molecular complexity index is 695. The number of ether oxygens (including phenoxy) is 2. The van der Waals surface area contributed by atoms with E-state index in [1.165, 1.54) is 0 Å². The van der Waals surface area contributed by atoms with Crippen molar-refractivity contribution >= 4 is 11.6 Å². The van der Waals surface area contributed by atoms with Gasteiger partial charge in [-0.1, -0.05) is 18.2 Å². The summed E-state index contributed by atoms with van der Waals surface area (Å²) in [6.45, 7) is 5.24. The maximum atomic E-state index is 12.2. The average molecular weight is 344 g/mol. The average Bonchev–Trinajstić information content (AvgIpc) is 3.08. The summed E-state index contributed by atoms with van der Waals surface area (Å²) in [6, 6.07) is 7.53. The number of aromatic nitrogens is 2. The number of para-hydroxylation sites is 1. The van der Waals surface area contributed by atoms with E-state index >= 15 is 0 Å². The lowest BCUT2D eigenvalue weighted by atomic mass is 10.1. The number of benzene rings is 1. The third-order valence-electron chi connectivity index (χ3n) is 4.21. The molecule has 0 atom stereocenters. The van der Waals surface area contributed by atoms with Crippen LogP contribution in [-0.4, -0.2) is 60.5 Å². The number of nitrogens with one attached hydrogen (secondary N) is 1. The fraction of sp³-hybridized carbons (Fsp3) is 0.444. The summed E-state index contributed by atoms with van der Waals surface area (Å²) in [5, 5.41) is 7.20. The van der Waals surface area contributed by atoms with Crippen LogP contribution in [0.2, 0.25) is 0 Å². The van der Waals surface area contributed by atoms with Gasteiger partial charge in [-0.2, -0.15) is 5.10 Å². The monoisotopic (exact) mass is 344 g/mol. The Kier molecular flexibility index (Phi) is 6.03. The standard InChI is InChI=1S/C18H24N4O3/c1-24-17-5-3-2-4-15(17)12-18(23)20-16-13-19-22(14-16)7-6-21-8-10-25-11-9-21/h2-5,13-14H,6-12H2,1H3,(H,20,23). The number of nitrogens with zero attached hydrogens (tertiary/aromatic N) is 3. The fourth-order valence-corrected chi connectivity index (χ4v) is 2.85. The van der Waals surface area contributed by atoms with E-state index in [4.69, 9.17) is 9.47 Å². The number of rotatable bonds is 7. The number of carbonyl (C=O) groups is 1. The van der Waals surface area contributed by atoms with Gasteiger partial charge < -0.3 is 14.8 Å². The number of amides is 1. The molecule has 1 saturated heterocycles. The van der Waals surface area contributed by atoms with E-state index in [9.17, 15) is 4.79 Å². The summed E-state index contributed by atoms with van der Waals surface area (Å²) in [6.07, 6.45) is 3.81. The first-order chi connectivity index (χ1) is 12.2. The van der Waals surface area contributed by atoms with E-state index in [-0.39, 0.29) is 12.3 Å². The van der Waals surface area contributed by atoms with Crippen molar-refractivity contribution in [3.05, 3.63) is 42.2 Å². The van der Waals surface area contributed by atoms with Crippen LogP contribution in [0, 0.1) is 0 Å². The minimum atomic E-state index is -0.0859. The van der Waals surface area contributed by atoms with E-state index in [0.717, 1.165) is 50.7 Å². The van der Waals surface area contributed by atoms with Crippen molar-refractivity contribution in [1.82, 2.24) is 14.7 Å². The van der Waals surface area contributed by atoms with E-state index in [1.807, 2.05) is 35.1 Å². The Hall–Kier alpha value is -2.38. The van der Waals surface area contributed by atoms with Gasteiger partial charge in [0.1, 0.15) is 5.75 Å². The maximum Gasteiger partial charge on any atom is 0.229 e. The molecule has 1 aliphatic heterocycles. The molecule has 1 aromatic heterocycles. The van der Waals surface area contributed by atoms with Gasteiger partial charge in [0, 0.05) is 31.4 Å². The summed E-state index contributed by atoms with van der Waals surface area (Å²) >= 11 is 0. The van der Waals surface area contributed by atoms with Gasteiger partial charge in [-0.3, -0.25) is 14.4 Å². The van der Waals surface area contributed by atoms with Crippen LogP contribution < -0.4 is 10.1 Å². The molecule has 1 fully saturated rings. The molecular weight excluding hydrogens is 320 g/mol. The second-order valence-electron chi connectivity index (χ2n) is 5.98. The molecule has 1 N–H and O–H groups in total. The fourth-order valence-electron chi connectivity index (χ4n) is 2.85. The van der Waals surface area contributed by atoms with Crippen LogP contribution in [0.25, 0.3) is 0 Å². The molecule has 0 bridgehead atoms. The molecule has 0 radical (unpaired) electrons. The summed E-state index contributed by atoms with van der Waals surface area (Å²) in [7, 11) is 1.61. The molecule has 0 aliphatic carbocycles. The number of hydrogen-bond acceptors (Lipinski definition) is 5. The van der Waals surface area contributed by atoms with Crippen LogP contribution >= 0.6 is 0 Å². The SMILES string of the molecule is COc1ccccc1CC(=O)Nc1cnn(CCN2CCOCC2)c1. The van der Waals surface area contributed by atoms with Crippen molar-refractivity contribution < 1.29 is 14.3 Å². The molecule has 3 rings (SSSR count). The maximum absolute atomic E-state index is 12.2. The van der Waals surface area contributed by atoms with E-state index in [1.54, 1.807) is 13.3 Å². The molecule has 2 heterocycles. The molecule has 25 heavy (non-hydrogen) atoms. The Labute approximate surface area is 147 Å². The van der Waals surface area contributed by atoms with Gasteiger partial charge >= 0.3 is 0 Å². The number of methoxy groups -OCH3 is 1. The van der Waals surface area contributed by atoms with Gasteiger partial charge in [0.05, 0.1) is 45.2 Å². The molecule has 1 aliphatic rings. The molecule has 134 valence electrons. The van der Waals surface area contributed by atoms with Gasteiger partial charge in [0.15, 0.2) is 0 Å². The third-order valence-corrected chi connectivity index (χ3v) is 4.21. The highest BCUT2D eigenvalue weighted by Crippen LogP contribution is 2.18. The zero-order chi connectivity index (χ0) is 17.5. The second-order valence-corrected chi connectivity index (χ2v) is 5.98. The summed E-state index contributed by atoms with van der Waals surface area (Å²) in [4.78, 5) is 14.6. The number of anilines is 1. The van der Waals surface area contributed by atoms with Gasteiger partial charge in [0.25, 0.3) is 0 Å². The Balaban J connectivity index is 1.49. The molecule has 1 aromatic carbocycles.